The van der Waals surface area contributed by atoms with E-state index in [0.29, 0.717) is 0 Å². The first kappa shape index (κ1) is 12.1. The van der Waals surface area contributed by atoms with Gasteiger partial charge in [0.1, 0.15) is 6.07 Å². The molecular weight excluding hydrogens is 252 g/mol. The Kier molecular flexibility index (Phi) is 4.64. The minimum atomic E-state index is 0.736. The normalized spacial score (nSPS) is 9.73. The van der Waals surface area contributed by atoms with Crippen LogP contribution in [-0.2, 0) is 0 Å². The number of anilines is 1. The minimum Gasteiger partial charge on any atom is -0.371 e. The maximum atomic E-state index is 9.06. The molecule has 1 aromatic carbocycles. The molecule has 3 heteroatoms. The molecule has 0 radical (unpaired) electrons. The molecule has 0 spiro atoms. The van der Waals surface area contributed by atoms with Crippen LogP contribution in [0.1, 0.15) is 25.8 Å². The molecule has 0 saturated carbocycles. The van der Waals surface area contributed by atoms with Crippen LogP contribution < -0.4 is 4.90 Å². The third kappa shape index (κ3) is 2.97. The van der Waals surface area contributed by atoms with E-state index in [4.69, 9.17) is 5.26 Å². The molecule has 0 atom stereocenters. The third-order valence-electron chi connectivity index (χ3n) is 2.29. The lowest BCUT2D eigenvalue weighted by atomic mass is 10.1. The number of nitriles is 1. The van der Waals surface area contributed by atoms with Gasteiger partial charge in [0.25, 0.3) is 0 Å². The van der Waals surface area contributed by atoms with Crippen molar-refractivity contribution < 1.29 is 0 Å². The molecule has 1 rings (SSSR count). The second-order valence-corrected chi connectivity index (χ2v) is 4.27. The van der Waals surface area contributed by atoms with Crippen molar-refractivity contribution in [2.24, 2.45) is 0 Å². The number of nitrogens with zero attached hydrogens (tertiary/aromatic N) is 2. The second-order valence-electron chi connectivity index (χ2n) is 3.35. The summed E-state index contributed by atoms with van der Waals surface area (Å²) in [6, 6.07) is 8.09. The van der Waals surface area contributed by atoms with Crippen molar-refractivity contribution >= 4 is 21.6 Å². The van der Waals surface area contributed by atoms with E-state index in [1.807, 2.05) is 18.2 Å². The highest BCUT2D eigenvalue weighted by Crippen LogP contribution is 2.24. The van der Waals surface area contributed by atoms with E-state index in [2.05, 4.69) is 40.7 Å². The highest BCUT2D eigenvalue weighted by atomic mass is 79.9. The molecule has 0 fully saturated rings. The quantitative estimate of drug-likeness (QED) is 0.834. The van der Waals surface area contributed by atoms with Crippen LogP contribution in [-0.4, -0.2) is 13.1 Å². The first-order valence-electron chi connectivity index (χ1n) is 5.17. The van der Waals surface area contributed by atoms with Crippen molar-refractivity contribution in [2.75, 3.05) is 18.0 Å². The third-order valence-corrected chi connectivity index (χ3v) is 2.79. The van der Waals surface area contributed by atoms with Gasteiger partial charge in [-0.25, -0.2) is 0 Å². The van der Waals surface area contributed by atoms with Gasteiger partial charge in [0.05, 0.1) is 11.3 Å². The van der Waals surface area contributed by atoms with E-state index in [1.54, 1.807) is 0 Å². The van der Waals surface area contributed by atoms with Crippen LogP contribution >= 0.6 is 15.9 Å². The fourth-order valence-electron chi connectivity index (χ4n) is 1.59. The number of benzene rings is 1. The van der Waals surface area contributed by atoms with Gasteiger partial charge in [0, 0.05) is 17.6 Å². The van der Waals surface area contributed by atoms with Crippen LogP contribution in [0.5, 0.6) is 0 Å². The van der Waals surface area contributed by atoms with Crippen molar-refractivity contribution in [2.45, 2.75) is 20.3 Å². The molecular formula is C12H15BrN2. The Morgan fingerprint density at radius 2 is 2.13 bits per heavy atom. The molecule has 0 unspecified atom stereocenters. The Balaban J connectivity index is 3.06. The van der Waals surface area contributed by atoms with E-state index in [1.165, 1.54) is 0 Å². The van der Waals surface area contributed by atoms with Crippen molar-refractivity contribution in [3.63, 3.8) is 0 Å². The van der Waals surface area contributed by atoms with E-state index in [9.17, 15) is 0 Å². The van der Waals surface area contributed by atoms with Crippen LogP contribution in [0.15, 0.2) is 22.7 Å². The fraction of sp³-hybridized carbons (Fsp3) is 0.417. The highest BCUT2D eigenvalue weighted by Gasteiger charge is 2.08. The average Bonchev–Trinajstić information content (AvgIpc) is 2.26. The zero-order valence-electron chi connectivity index (χ0n) is 9.13. The molecule has 15 heavy (non-hydrogen) atoms. The Morgan fingerprint density at radius 1 is 1.40 bits per heavy atom. The second kappa shape index (κ2) is 5.77. The lowest BCUT2D eigenvalue weighted by molar-refractivity contribution is 0.790. The Bertz CT molecular complexity index is 368. The number of halogens is 1. The van der Waals surface area contributed by atoms with Crippen LogP contribution in [0, 0.1) is 11.3 Å². The number of hydrogen-bond acceptors (Lipinski definition) is 2. The Hall–Kier alpha value is -1.01. The van der Waals surface area contributed by atoms with Gasteiger partial charge >= 0.3 is 0 Å². The summed E-state index contributed by atoms with van der Waals surface area (Å²) in [7, 11) is 0. The lowest BCUT2D eigenvalue weighted by Gasteiger charge is -2.23. The Morgan fingerprint density at radius 3 is 2.67 bits per heavy atom. The summed E-state index contributed by atoms with van der Waals surface area (Å²) in [6.07, 6.45) is 1.09. The smallest absolute Gasteiger partial charge is 0.101 e. The standard InChI is InChI=1S/C12H15BrN2/c1-3-7-15(4-2)12-6-5-11(13)8-10(12)9-14/h5-6,8H,3-4,7H2,1-2H3. The van der Waals surface area contributed by atoms with Gasteiger partial charge in [-0.3, -0.25) is 0 Å². The van der Waals surface area contributed by atoms with Gasteiger partial charge in [0.2, 0.25) is 0 Å². The number of hydrogen-bond donors (Lipinski definition) is 0. The zero-order chi connectivity index (χ0) is 11.3. The van der Waals surface area contributed by atoms with E-state index >= 15 is 0 Å². The van der Waals surface area contributed by atoms with Crippen molar-refractivity contribution in [1.82, 2.24) is 0 Å². The average molecular weight is 267 g/mol. The predicted molar refractivity (Wildman–Crippen MR) is 67.0 cm³/mol. The van der Waals surface area contributed by atoms with E-state index in [0.717, 1.165) is 35.2 Å². The topological polar surface area (TPSA) is 27.0 Å². The molecule has 2 nitrogen and oxygen atoms in total. The van der Waals surface area contributed by atoms with Crippen LogP contribution in [0.2, 0.25) is 0 Å². The molecule has 0 amide bonds. The molecule has 1 aromatic rings. The summed E-state index contributed by atoms with van der Waals surface area (Å²) < 4.78 is 0.954. The summed E-state index contributed by atoms with van der Waals surface area (Å²) in [5.74, 6) is 0. The monoisotopic (exact) mass is 266 g/mol. The summed E-state index contributed by atoms with van der Waals surface area (Å²) in [4.78, 5) is 2.23. The fourth-order valence-corrected chi connectivity index (χ4v) is 1.95. The maximum Gasteiger partial charge on any atom is 0.101 e. The first-order valence-corrected chi connectivity index (χ1v) is 5.96. The molecule has 0 aromatic heterocycles. The molecule has 0 heterocycles. The summed E-state index contributed by atoms with van der Waals surface area (Å²) in [5, 5.41) is 9.06. The first-order chi connectivity index (χ1) is 7.22. The molecule has 0 N–H and O–H groups in total. The van der Waals surface area contributed by atoms with Gasteiger partial charge in [-0.1, -0.05) is 22.9 Å². The molecule has 0 bridgehead atoms. The van der Waals surface area contributed by atoms with E-state index < -0.39 is 0 Å². The van der Waals surface area contributed by atoms with Gasteiger partial charge in [0.15, 0.2) is 0 Å². The van der Waals surface area contributed by atoms with Crippen LogP contribution in [0.3, 0.4) is 0 Å². The largest absolute Gasteiger partial charge is 0.371 e. The van der Waals surface area contributed by atoms with Gasteiger partial charge in [-0.05, 0) is 31.5 Å². The van der Waals surface area contributed by atoms with Crippen molar-refractivity contribution in [3.05, 3.63) is 28.2 Å². The van der Waals surface area contributed by atoms with Crippen LogP contribution in [0.25, 0.3) is 0 Å². The van der Waals surface area contributed by atoms with Crippen molar-refractivity contribution in [1.29, 1.82) is 5.26 Å². The van der Waals surface area contributed by atoms with Crippen molar-refractivity contribution in [3.8, 4) is 6.07 Å². The maximum absolute atomic E-state index is 9.06. The number of rotatable bonds is 4. The predicted octanol–water partition coefficient (Wildman–Crippen LogP) is 3.56. The summed E-state index contributed by atoms with van der Waals surface area (Å²) >= 11 is 3.38. The zero-order valence-corrected chi connectivity index (χ0v) is 10.7. The highest BCUT2D eigenvalue weighted by molar-refractivity contribution is 9.10. The van der Waals surface area contributed by atoms with Gasteiger partial charge < -0.3 is 4.90 Å². The molecule has 0 aliphatic heterocycles. The van der Waals surface area contributed by atoms with Gasteiger partial charge in [-0.15, -0.1) is 0 Å². The summed E-state index contributed by atoms with van der Waals surface area (Å²) in [6.45, 7) is 6.18. The van der Waals surface area contributed by atoms with E-state index in [-0.39, 0.29) is 0 Å². The van der Waals surface area contributed by atoms with Gasteiger partial charge in [-0.2, -0.15) is 5.26 Å². The molecule has 80 valence electrons. The SMILES string of the molecule is CCCN(CC)c1ccc(Br)cc1C#N. The lowest BCUT2D eigenvalue weighted by Crippen LogP contribution is -2.24. The molecule has 0 aliphatic carbocycles. The Labute approximate surface area is 99.6 Å². The summed E-state index contributed by atoms with van der Waals surface area (Å²) in [5.41, 5.74) is 1.77. The van der Waals surface area contributed by atoms with Crippen LogP contribution in [0.4, 0.5) is 5.69 Å². The molecule has 0 aliphatic rings. The minimum absolute atomic E-state index is 0.736. The molecule has 0 saturated heterocycles.